The van der Waals surface area contributed by atoms with Crippen LogP contribution in [0.15, 0.2) is 45.5 Å². The van der Waals surface area contributed by atoms with Gasteiger partial charge < -0.3 is 20.1 Å². The van der Waals surface area contributed by atoms with E-state index in [-0.39, 0.29) is 6.54 Å². The Bertz CT molecular complexity index is 944. The van der Waals surface area contributed by atoms with Crippen LogP contribution in [0.5, 0.6) is 11.5 Å². The zero-order valence-corrected chi connectivity index (χ0v) is 17.4. The number of nitrogens with one attached hydrogen (secondary N) is 2. The van der Waals surface area contributed by atoms with E-state index < -0.39 is 5.97 Å². The van der Waals surface area contributed by atoms with Gasteiger partial charge >= 0.3 is 5.97 Å². The quantitative estimate of drug-likeness (QED) is 0.397. The van der Waals surface area contributed by atoms with Crippen LogP contribution in [0.2, 0.25) is 0 Å². The number of carboxylic acids is 1. The molecule has 0 aliphatic rings. The van der Waals surface area contributed by atoms with Gasteiger partial charge in [0, 0.05) is 22.8 Å². The number of anilines is 1. The van der Waals surface area contributed by atoms with Crippen molar-refractivity contribution in [3.05, 3.63) is 51.0 Å². The van der Waals surface area contributed by atoms with Gasteiger partial charge in [0.2, 0.25) is 0 Å². The summed E-state index contributed by atoms with van der Waals surface area (Å²) in [6, 6.07) is 9.52. The Kier molecular flexibility index (Phi) is 5.58. The highest BCUT2D eigenvalue weighted by Gasteiger charge is 2.13. The van der Waals surface area contributed by atoms with Crippen LogP contribution in [0, 0.1) is 0 Å². The number of ether oxygens (including phenoxy) is 1. The van der Waals surface area contributed by atoms with Crippen LogP contribution in [0.25, 0.3) is 10.9 Å². The number of benzene rings is 2. The monoisotopic (exact) mass is 480 g/mol. The maximum atomic E-state index is 10.7. The highest BCUT2D eigenvalue weighted by Crippen LogP contribution is 2.40. The van der Waals surface area contributed by atoms with Crippen molar-refractivity contribution in [2.75, 3.05) is 11.9 Å². The number of aromatic nitrogens is 1. The second-order valence-electron chi connectivity index (χ2n) is 6.22. The molecule has 0 amide bonds. The van der Waals surface area contributed by atoms with E-state index in [1.54, 1.807) is 12.1 Å². The van der Waals surface area contributed by atoms with Gasteiger partial charge in [-0.3, -0.25) is 4.79 Å². The molecule has 0 radical (unpaired) electrons. The minimum atomic E-state index is -0.918. The zero-order valence-electron chi connectivity index (χ0n) is 14.3. The molecular weight excluding hydrogens is 464 g/mol. The van der Waals surface area contributed by atoms with Gasteiger partial charge in [0.15, 0.2) is 5.75 Å². The lowest BCUT2D eigenvalue weighted by atomic mass is 10.0. The van der Waals surface area contributed by atoms with Gasteiger partial charge in [-0.2, -0.15) is 0 Å². The Balaban J connectivity index is 1.89. The van der Waals surface area contributed by atoms with Crippen molar-refractivity contribution in [2.45, 2.75) is 19.8 Å². The second-order valence-corrected chi connectivity index (χ2v) is 7.93. The first-order chi connectivity index (χ1) is 12.3. The Morgan fingerprint density at radius 2 is 1.92 bits per heavy atom. The van der Waals surface area contributed by atoms with E-state index >= 15 is 0 Å². The number of carboxylic acid groups (broad SMARTS) is 1. The Morgan fingerprint density at radius 3 is 2.54 bits per heavy atom. The van der Waals surface area contributed by atoms with Crippen LogP contribution in [-0.4, -0.2) is 22.6 Å². The van der Waals surface area contributed by atoms with Crippen molar-refractivity contribution >= 4 is 54.4 Å². The molecular formula is C19H18Br2N2O3. The van der Waals surface area contributed by atoms with Gasteiger partial charge in [0.05, 0.1) is 8.95 Å². The number of aliphatic carboxylic acids is 1. The Hall–Kier alpha value is -1.99. The lowest BCUT2D eigenvalue weighted by Crippen LogP contribution is -2.12. The van der Waals surface area contributed by atoms with Gasteiger partial charge in [-0.1, -0.05) is 13.8 Å². The van der Waals surface area contributed by atoms with E-state index in [2.05, 4.69) is 56.0 Å². The number of hydrogen-bond donors (Lipinski definition) is 3. The SMILES string of the molecule is CC(C)c1c[nH]c2ccc(Oc3c(Br)cc(NCC(=O)O)cc3Br)cc12. The molecule has 3 rings (SSSR count). The van der Waals surface area contributed by atoms with Gasteiger partial charge in [-0.15, -0.1) is 0 Å². The molecule has 5 nitrogen and oxygen atoms in total. The lowest BCUT2D eigenvalue weighted by Gasteiger charge is -2.13. The first-order valence-corrected chi connectivity index (χ1v) is 9.67. The van der Waals surface area contributed by atoms with Gasteiger partial charge in [-0.05, 0) is 73.7 Å². The molecule has 0 aliphatic heterocycles. The first kappa shape index (κ1) is 18.8. The number of fused-ring (bicyclic) bond motifs is 1. The molecule has 1 heterocycles. The van der Waals surface area contributed by atoms with Gasteiger partial charge in [-0.25, -0.2) is 0 Å². The van der Waals surface area contributed by atoms with E-state index in [0.29, 0.717) is 17.4 Å². The number of aromatic amines is 1. The number of H-pyrrole nitrogens is 1. The van der Waals surface area contributed by atoms with E-state index in [1.165, 1.54) is 5.56 Å². The number of rotatable bonds is 6. The molecule has 0 bridgehead atoms. The summed E-state index contributed by atoms with van der Waals surface area (Å²) in [5.74, 6) is 0.855. The summed E-state index contributed by atoms with van der Waals surface area (Å²) in [4.78, 5) is 14.0. The van der Waals surface area contributed by atoms with Crippen molar-refractivity contribution in [3.63, 3.8) is 0 Å². The molecule has 0 aliphatic carbocycles. The summed E-state index contributed by atoms with van der Waals surface area (Å²) in [7, 11) is 0. The van der Waals surface area contributed by atoms with Gasteiger partial charge in [0.1, 0.15) is 12.3 Å². The summed E-state index contributed by atoms with van der Waals surface area (Å²) >= 11 is 6.99. The highest BCUT2D eigenvalue weighted by atomic mass is 79.9. The maximum Gasteiger partial charge on any atom is 0.322 e. The molecule has 2 aromatic carbocycles. The largest absolute Gasteiger partial charge is 0.480 e. The summed E-state index contributed by atoms with van der Waals surface area (Å²) in [6.45, 7) is 4.17. The van der Waals surface area contributed by atoms with Gasteiger partial charge in [0.25, 0.3) is 0 Å². The van der Waals surface area contributed by atoms with Crippen LogP contribution in [-0.2, 0) is 4.79 Å². The third-order valence-corrected chi connectivity index (χ3v) is 5.15. The van der Waals surface area contributed by atoms with Crippen molar-refractivity contribution in [1.29, 1.82) is 0 Å². The minimum absolute atomic E-state index is 0.152. The summed E-state index contributed by atoms with van der Waals surface area (Å²) in [6.07, 6.45) is 2.04. The molecule has 3 aromatic rings. The molecule has 0 spiro atoms. The third kappa shape index (κ3) is 4.04. The Labute approximate surface area is 168 Å². The van der Waals surface area contributed by atoms with Crippen LogP contribution in [0.3, 0.4) is 0 Å². The average molecular weight is 482 g/mol. The highest BCUT2D eigenvalue weighted by molar-refractivity contribution is 9.11. The first-order valence-electron chi connectivity index (χ1n) is 8.08. The van der Waals surface area contributed by atoms with Crippen molar-refractivity contribution in [3.8, 4) is 11.5 Å². The fourth-order valence-corrected chi connectivity index (χ4v) is 4.07. The van der Waals surface area contributed by atoms with Crippen LogP contribution < -0.4 is 10.1 Å². The fraction of sp³-hybridized carbons (Fsp3) is 0.211. The van der Waals surface area contributed by atoms with E-state index in [9.17, 15) is 4.79 Å². The van der Waals surface area contributed by atoms with Crippen LogP contribution in [0.4, 0.5) is 5.69 Å². The molecule has 1 aromatic heterocycles. The molecule has 26 heavy (non-hydrogen) atoms. The summed E-state index contributed by atoms with van der Waals surface area (Å²) in [5.41, 5.74) is 3.01. The minimum Gasteiger partial charge on any atom is -0.480 e. The summed E-state index contributed by atoms with van der Waals surface area (Å²) in [5, 5.41) is 12.8. The summed E-state index contributed by atoms with van der Waals surface area (Å²) < 4.78 is 7.52. The fourth-order valence-electron chi connectivity index (χ4n) is 2.72. The zero-order chi connectivity index (χ0) is 18.8. The molecule has 0 fully saturated rings. The molecule has 3 N–H and O–H groups in total. The van der Waals surface area contributed by atoms with E-state index in [0.717, 1.165) is 25.6 Å². The molecule has 0 saturated heterocycles. The standard InChI is InChI=1S/C19H18Br2N2O3/c1-10(2)14-8-23-17-4-3-12(7-13(14)17)26-19-15(20)5-11(6-16(19)21)22-9-18(24)25/h3-8,10,22-23H,9H2,1-2H3,(H,24,25). The second kappa shape index (κ2) is 7.72. The number of halogens is 2. The van der Waals surface area contributed by atoms with Crippen LogP contribution >= 0.6 is 31.9 Å². The molecule has 136 valence electrons. The molecule has 0 atom stereocenters. The topological polar surface area (TPSA) is 74.3 Å². The Morgan fingerprint density at radius 1 is 1.23 bits per heavy atom. The third-order valence-electron chi connectivity index (χ3n) is 3.97. The number of carbonyl (C=O) groups is 1. The normalized spacial score (nSPS) is 11.1. The van der Waals surface area contributed by atoms with Crippen molar-refractivity contribution in [1.82, 2.24) is 4.98 Å². The maximum absolute atomic E-state index is 10.7. The van der Waals surface area contributed by atoms with E-state index in [4.69, 9.17) is 9.84 Å². The number of hydrogen-bond acceptors (Lipinski definition) is 3. The van der Waals surface area contributed by atoms with E-state index in [1.807, 2.05) is 24.4 Å². The van der Waals surface area contributed by atoms with Crippen molar-refractivity contribution in [2.24, 2.45) is 0 Å². The lowest BCUT2D eigenvalue weighted by molar-refractivity contribution is -0.134. The molecule has 7 heteroatoms. The van der Waals surface area contributed by atoms with Crippen molar-refractivity contribution < 1.29 is 14.6 Å². The molecule has 0 unspecified atom stereocenters. The predicted molar refractivity (Wildman–Crippen MR) is 110 cm³/mol. The van der Waals surface area contributed by atoms with Crippen LogP contribution in [0.1, 0.15) is 25.3 Å². The average Bonchev–Trinajstić information content (AvgIpc) is 2.99. The molecule has 0 saturated carbocycles. The smallest absolute Gasteiger partial charge is 0.322 e. The predicted octanol–water partition coefficient (Wildman–Crippen LogP) is 6.11.